The van der Waals surface area contributed by atoms with Gasteiger partial charge in [-0.3, -0.25) is 19.3 Å². The van der Waals surface area contributed by atoms with E-state index >= 15 is 0 Å². The molecule has 130 valence electrons. The largest absolute Gasteiger partial charge is 0.480 e. The Hall–Kier alpha value is -3.16. The molecule has 1 aliphatic heterocycles. The van der Waals surface area contributed by atoms with Crippen LogP contribution in [0.25, 0.3) is 0 Å². The fourth-order valence-corrected chi connectivity index (χ4v) is 2.85. The monoisotopic (exact) mass is 343 g/mol. The lowest BCUT2D eigenvalue weighted by molar-refractivity contribution is -0.153. The Kier molecular flexibility index (Phi) is 4.26. The SMILES string of the molecule is O=C1CNC(=O)N1Cc1ccc(NC(=O)C2(C(=O)O)CC=CC2)cc1. The molecule has 0 bridgehead atoms. The number of nitrogens with zero attached hydrogens (tertiary/aromatic N) is 1. The third kappa shape index (κ3) is 3.10. The number of rotatable bonds is 5. The van der Waals surface area contributed by atoms with E-state index < -0.39 is 23.3 Å². The van der Waals surface area contributed by atoms with E-state index in [0.717, 1.165) is 10.5 Å². The molecule has 8 heteroatoms. The third-order valence-electron chi connectivity index (χ3n) is 4.43. The van der Waals surface area contributed by atoms with E-state index in [1.807, 2.05) is 0 Å². The predicted octanol–water partition coefficient (Wildman–Crippen LogP) is 1.10. The van der Waals surface area contributed by atoms with Gasteiger partial charge < -0.3 is 15.7 Å². The minimum Gasteiger partial charge on any atom is -0.480 e. The van der Waals surface area contributed by atoms with Gasteiger partial charge in [0.2, 0.25) is 11.8 Å². The Morgan fingerprint density at radius 1 is 1.16 bits per heavy atom. The van der Waals surface area contributed by atoms with Crippen LogP contribution in [0.4, 0.5) is 10.5 Å². The molecule has 1 aromatic carbocycles. The van der Waals surface area contributed by atoms with Crippen molar-refractivity contribution in [3.05, 3.63) is 42.0 Å². The first-order valence-corrected chi connectivity index (χ1v) is 7.79. The number of anilines is 1. The molecule has 0 spiro atoms. The molecule has 0 unspecified atom stereocenters. The minimum atomic E-state index is -1.46. The van der Waals surface area contributed by atoms with Crippen molar-refractivity contribution in [3.8, 4) is 0 Å². The predicted molar refractivity (Wildman–Crippen MR) is 87.5 cm³/mol. The first-order chi connectivity index (χ1) is 11.9. The number of benzene rings is 1. The molecule has 0 aromatic heterocycles. The van der Waals surface area contributed by atoms with Crippen molar-refractivity contribution in [2.24, 2.45) is 5.41 Å². The lowest BCUT2D eigenvalue weighted by Gasteiger charge is -2.22. The van der Waals surface area contributed by atoms with Crippen LogP contribution in [0.2, 0.25) is 0 Å². The molecule has 1 aliphatic carbocycles. The topological polar surface area (TPSA) is 116 Å². The molecule has 4 amide bonds. The van der Waals surface area contributed by atoms with Crippen molar-refractivity contribution in [2.45, 2.75) is 19.4 Å². The number of carboxylic acids is 1. The van der Waals surface area contributed by atoms with Gasteiger partial charge in [-0.2, -0.15) is 0 Å². The van der Waals surface area contributed by atoms with Crippen LogP contribution in [-0.2, 0) is 20.9 Å². The van der Waals surface area contributed by atoms with Gasteiger partial charge in [0.15, 0.2) is 5.41 Å². The van der Waals surface area contributed by atoms with E-state index in [4.69, 9.17) is 0 Å². The first kappa shape index (κ1) is 16.7. The van der Waals surface area contributed by atoms with E-state index in [9.17, 15) is 24.3 Å². The maximum absolute atomic E-state index is 12.4. The van der Waals surface area contributed by atoms with Crippen molar-refractivity contribution in [1.29, 1.82) is 0 Å². The minimum absolute atomic E-state index is 0.00171. The molecular formula is C17H17N3O5. The number of carboxylic acid groups (broad SMARTS) is 1. The van der Waals surface area contributed by atoms with E-state index in [1.165, 1.54) is 0 Å². The number of imide groups is 1. The number of carbonyl (C=O) groups is 4. The van der Waals surface area contributed by atoms with Crippen molar-refractivity contribution in [1.82, 2.24) is 10.2 Å². The van der Waals surface area contributed by atoms with Crippen LogP contribution in [0.3, 0.4) is 0 Å². The average Bonchev–Trinajstić information content (AvgIpc) is 3.20. The van der Waals surface area contributed by atoms with Crippen molar-refractivity contribution >= 4 is 29.5 Å². The van der Waals surface area contributed by atoms with Crippen LogP contribution in [-0.4, -0.2) is 40.4 Å². The third-order valence-corrected chi connectivity index (χ3v) is 4.43. The summed E-state index contributed by atoms with van der Waals surface area (Å²) in [6.45, 7) is 0.139. The van der Waals surface area contributed by atoms with Crippen LogP contribution in [0.1, 0.15) is 18.4 Å². The quantitative estimate of drug-likeness (QED) is 0.421. The van der Waals surface area contributed by atoms with Gasteiger partial charge in [-0.25, -0.2) is 4.79 Å². The van der Waals surface area contributed by atoms with Crippen molar-refractivity contribution in [2.75, 3.05) is 11.9 Å². The van der Waals surface area contributed by atoms with Crippen LogP contribution in [0.5, 0.6) is 0 Å². The van der Waals surface area contributed by atoms with Gasteiger partial charge in [0.1, 0.15) is 0 Å². The summed E-state index contributed by atoms with van der Waals surface area (Å²) in [5.74, 6) is -2.00. The summed E-state index contributed by atoms with van der Waals surface area (Å²) in [4.78, 5) is 48.1. The second-order valence-corrected chi connectivity index (χ2v) is 6.06. The molecule has 1 heterocycles. The Morgan fingerprint density at radius 3 is 2.32 bits per heavy atom. The second-order valence-electron chi connectivity index (χ2n) is 6.06. The van der Waals surface area contributed by atoms with Gasteiger partial charge in [-0.1, -0.05) is 24.3 Å². The zero-order valence-electron chi connectivity index (χ0n) is 13.3. The van der Waals surface area contributed by atoms with Gasteiger partial charge in [0.05, 0.1) is 13.1 Å². The number of allylic oxidation sites excluding steroid dienone is 2. The van der Waals surface area contributed by atoms with Crippen LogP contribution >= 0.6 is 0 Å². The zero-order valence-corrected chi connectivity index (χ0v) is 13.3. The molecule has 1 aromatic rings. The van der Waals surface area contributed by atoms with Crippen molar-refractivity contribution in [3.63, 3.8) is 0 Å². The van der Waals surface area contributed by atoms with E-state index in [2.05, 4.69) is 10.6 Å². The fourth-order valence-electron chi connectivity index (χ4n) is 2.85. The molecule has 3 N–H and O–H groups in total. The first-order valence-electron chi connectivity index (χ1n) is 7.79. The van der Waals surface area contributed by atoms with Gasteiger partial charge in [-0.05, 0) is 30.5 Å². The van der Waals surface area contributed by atoms with Gasteiger partial charge >= 0.3 is 12.0 Å². The number of aliphatic carboxylic acids is 1. The highest BCUT2D eigenvalue weighted by molar-refractivity contribution is 6.09. The molecule has 1 fully saturated rings. The number of amides is 4. The average molecular weight is 343 g/mol. The highest BCUT2D eigenvalue weighted by atomic mass is 16.4. The number of carbonyl (C=O) groups excluding carboxylic acids is 3. The second kappa shape index (κ2) is 6.39. The Morgan fingerprint density at radius 2 is 1.80 bits per heavy atom. The molecule has 0 atom stereocenters. The van der Waals surface area contributed by atoms with E-state index in [1.54, 1.807) is 36.4 Å². The summed E-state index contributed by atoms with van der Waals surface area (Å²) in [6.07, 6.45) is 3.71. The number of nitrogens with one attached hydrogen (secondary N) is 2. The smallest absolute Gasteiger partial charge is 0.324 e. The Balaban J connectivity index is 1.66. The van der Waals surface area contributed by atoms with Crippen molar-refractivity contribution < 1.29 is 24.3 Å². The van der Waals surface area contributed by atoms with E-state index in [0.29, 0.717) is 5.69 Å². The normalized spacial score (nSPS) is 18.3. The summed E-state index contributed by atoms with van der Waals surface area (Å²) in [6, 6.07) is 6.15. The van der Waals surface area contributed by atoms with Crippen LogP contribution in [0.15, 0.2) is 36.4 Å². The lowest BCUT2D eigenvalue weighted by atomic mass is 9.84. The number of hydrogen-bond acceptors (Lipinski definition) is 4. The maximum Gasteiger partial charge on any atom is 0.324 e. The van der Waals surface area contributed by atoms with E-state index in [-0.39, 0.29) is 31.8 Å². The molecule has 2 aliphatic rings. The molecular weight excluding hydrogens is 326 g/mol. The molecule has 0 saturated carbocycles. The summed E-state index contributed by atoms with van der Waals surface area (Å²) >= 11 is 0. The highest BCUT2D eigenvalue weighted by Gasteiger charge is 2.46. The summed E-state index contributed by atoms with van der Waals surface area (Å²) in [5.41, 5.74) is -0.281. The summed E-state index contributed by atoms with van der Waals surface area (Å²) in [7, 11) is 0. The molecule has 3 rings (SSSR count). The lowest BCUT2D eigenvalue weighted by Crippen LogP contribution is -2.41. The molecule has 1 saturated heterocycles. The molecule has 8 nitrogen and oxygen atoms in total. The maximum atomic E-state index is 12.4. The standard InChI is InChI=1S/C17H17N3O5/c21-13-9-18-16(25)20(13)10-11-3-5-12(6-4-11)19-14(22)17(15(23)24)7-1-2-8-17/h1-6H,7-10H2,(H,18,25)(H,19,22)(H,23,24). The van der Waals surface area contributed by atoms with Gasteiger partial charge in [0, 0.05) is 5.69 Å². The Labute approximate surface area is 143 Å². The Bertz CT molecular complexity index is 745. The molecule has 25 heavy (non-hydrogen) atoms. The van der Waals surface area contributed by atoms with Gasteiger partial charge in [0.25, 0.3) is 0 Å². The van der Waals surface area contributed by atoms with Crippen LogP contribution < -0.4 is 10.6 Å². The number of urea groups is 1. The van der Waals surface area contributed by atoms with Crippen LogP contribution in [0, 0.1) is 5.41 Å². The number of hydrogen-bond donors (Lipinski definition) is 3. The summed E-state index contributed by atoms with van der Waals surface area (Å²) < 4.78 is 0. The highest BCUT2D eigenvalue weighted by Crippen LogP contribution is 2.35. The van der Waals surface area contributed by atoms with Gasteiger partial charge in [-0.15, -0.1) is 0 Å². The fraction of sp³-hybridized carbons (Fsp3) is 0.294. The summed E-state index contributed by atoms with van der Waals surface area (Å²) in [5, 5.41) is 14.5. The molecule has 0 radical (unpaired) electrons. The zero-order chi connectivity index (χ0) is 18.0.